The van der Waals surface area contributed by atoms with Gasteiger partial charge in [0.1, 0.15) is 11.9 Å². The Morgan fingerprint density at radius 1 is 1.14 bits per heavy atom. The van der Waals surface area contributed by atoms with E-state index in [4.69, 9.17) is 18.3 Å². The van der Waals surface area contributed by atoms with Crippen LogP contribution in [0.15, 0.2) is 37.9 Å². The lowest BCUT2D eigenvalue weighted by atomic mass is 9.73. The topological polar surface area (TPSA) is 141 Å². The van der Waals surface area contributed by atoms with Gasteiger partial charge in [0.15, 0.2) is 18.1 Å². The average molecular weight is 608 g/mol. The van der Waals surface area contributed by atoms with Gasteiger partial charge in [-0.05, 0) is 67.3 Å². The van der Waals surface area contributed by atoms with Crippen LogP contribution in [0.3, 0.4) is 0 Å². The second kappa shape index (κ2) is 11.2. The Morgan fingerprint density at radius 2 is 1.91 bits per heavy atom. The van der Waals surface area contributed by atoms with E-state index in [-0.39, 0.29) is 54.7 Å². The summed E-state index contributed by atoms with van der Waals surface area (Å²) < 4.78 is 35.4. The number of nitrogens with zero attached hydrogens (tertiary/aromatic N) is 2. The molecule has 1 unspecified atom stereocenters. The number of hydrogen-bond acceptors (Lipinski definition) is 9. The molecule has 6 rings (SSSR count). The largest absolute Gasteiger partial charge is 0.519 e. The molecule has 1 N–H and O–H groups in total. The number of anilines is 1. The fourth-order valence-corrected chi connectivity index (χ4v) is 6.58. The van der Waals surface area contributed by atoms with Crippen LogP contribution in [0.2, 0.25) is 0 Å². The number of carbonyl (C=O) groups is 3. The van der Waals surface area contributed by atoms with E-state index in [0.717, 1.165) is 12.0 Å². The first kappa shape index (κ1) is 29.6. The van der Waals surface area contributed by atoms with Crippen molar-refractivity contribution in [3.8, 4) is 5.88 Å². The van der Waals surface area contributed by atoms with Crippen LogP contribution in [0.1, 0.15) is 73.1 Å². The number of ether oxygens (including phenoxy) is 2. The van der Waals surface area contributed by atoms with Crippen LogP contribution in [0.5, 0.6) is 5.88 Å². The molecular weight excluding hydrogens is 573 g/mol. The lowest BCUT2D eigenvalue weighted by Crippen LogP contribution is -2.50. The van der Waals surface area contributed by atoms with E-state index in [0.29, 0.717) is 41.2 Å². The minimum Gasteiger partial charge on any atom is -0.481 e. The minimum atomic E-state index is -1.00. The Bertz CT molecular complexity index is 1700. The quantitative estimate of drug-likeness (QED) is 0.392. The molecule has 1 atom stereocenters. The zero-order chi connectivity index (χ0) is 31.3. The molecule has 11 nitrogen and oxygen atoms in total. The molecule has 3 aliphatic rings. The molecule has 232 valence electrons. The number of benzene rings is 1. The van der Waals surface area contributed by atoms with Crippen molar-refractivity contribution >= 4 is 23.5 Å². The fourth-order valence-electron chi connectivity index (χ4n) is 6.58. The van der Waals surface area contributed by atoms with Gasteiger partial charge >= 0.3 is 11.8 Å². The number of pyridine rings is 1. The summed E-state index contributed by atoms with van der Waals surface area (Å²) in [5.41, 5.74) is 2.81. The summed E-state index contributed by atoms with van der Waals surface area (Å²) in [6, 6.07) is 5.52. The lowest BCUT2D eigenvalue weighted by Gasteiger charge is -2.41. The maximum Gasteiger partial charge on any atom is 0.519 e. The molecule has 2 amide bonds. The average Bonchev–Trinajstić information content (AvgIpc) is 3.45. The third-order valence-corrected chi connectivity index (χ3v) is 9.06. The smallest absolute Gasteiger partial charge is 0.481 e. The first-order valence-corrected chi connectivity index (χ1v) is 14.7. The summed E-state index contributed by atoms with van der Waals surface area (Å²) >= 11 is 0. The highest BCUT2D eigenvalue weighted by molar-refractivity contribution is 5.99. The van der Waals surface area contributed by atoms with Crippen molar-refractivity contribution in [3.05, 3.63) is 74.6 Å². The number of fused-ring (bicyclic) bond motifs is 2. The van der Waals surface area contributed by atoms with Crippen LogP contribution in [-0.4, -0.2) is 41.3 Å². The standard InChI is InChI=1S/C32H34FN3O8/c1-16-24(44-31(40)43-16)15-42-30(39)19-11-18(12-19)29(38)36-10-8-23-21(5-6-25(35-23)41-4)27(36)28(37)34-20-13-17-7-9-32(2,3)26(17)22(33)14-20/h5-6,13-14,18-19,27H,7-12,15H2,1-4H3,(H,34,37)/t18-,19+,27?. The van der Waals surface area contributed by atoms with Crippen molar-refractivity contribution in [2.45, 2.75) is 70.9 Å². The maximum absolute atomic E-state index is 15.2. The van der Waals surface area contributed by atoms with Gasteiger partial charge < -0.3 is 28.5 Å². The van der Waals surface area contributed by atoms with E-state index in [9.17, 15) is 19.2 Å². The fraction of sp³-hybridized carbons (Fsp3) is 0.469. The number of amides is 2. The molecule has 44 heavy (non-hydrogen) atoms. The summed E-state index contributed by atoms with van der Waals surface area (Å²) in [5.74, 6) is -2.69. The molecule has 3 aromatic rings. The van der Waals surface area contributed by atoms with Gasteiger partial charge in [-0.1, -0.05) is 13.8 Å². The molecule has 0 bridgehead atoms. The van der Waals surface area contributed by atoms with Crippen LogP contribution in [-0.2, 0) is 44.0 Å². The first-order valence-electron chi connectivity index (χ1n) is 14.7. The molecule has 0 saturated heterocycles. The molecule has 3 heterocycles. The van der Waals surface area contributed by atoms with Crippen molar-refractivity contribution in [2.24, 2.45) is 11.8 Å². The van der Waals surface area contributed by atoms with Gasteiger partial charge in [0.25, 0.3) is 5.91 Å². The molecule has 0 radical (unpaired) electrons. The Kier molecular flexibility index (Phi) is 7.54. The number of nitrogens with one attached hydrogen (secondary N) is 1. The summed E-state index contributed by atoms with van der Waals surface area (Å²) in [6.45, 7) is 5.54. The Hall–Kier alpha value is -4.48. The van der Waals surface area contributed by atoms with Crippen LogP contribution in [0, 0.1) is 24.6 Å². The molecule has 2 aliphatic carbocycles. The number of rotatable bonds is 7. The zero-order valence-corrected chi connectivity index (χ0v) is 25.0. The molecule has 1 aromatic carbocycles. The van der Waals surface area contributed by atoms with Crippen molar-refractivity contribution in [2.75, 3.05) is 19.0 Å². The second-order valence-corrected chi connectivity index (χ2v) is 12.3. The SMILES string of the molecule is COc1ccc2c(n1)CCN(C(=O)[C@H]1C[C@@H](C(=O)OCc3oc(=O)oc3C)C1)C2C(=O)Nc1cc(F)c2c(c1)CCC2(C)C. The van der Waals surface area contributed by atoms with Gasteiger partial charge in [0.05, 0.1) is 18.7 Å². The van der Waals surface area contributed by atoms with Crippen LogP contribution in [0.4, 0.5) is 10.1 Å². The first-order chi connectivity index (χ1) is 20.9. The van der Waals surface area contributed by atoms with Crippen LogP contribution < -0.4 is 15.9 Å². The third kappa shape index (κ3) is 5.37. The van der Waals surface area contributed by atoms with Crippen molar-refractivity contribution in [1.82, 2.24) is 9.88 Å². The summed E-state index contributed by atoms with van der Waals surface area (Å²) in [4.78, 5) is 57.5. The molecule has 0 spiro atoms. The third-order valence-electron chi connectivity index (χ3n) is 9.06. The normalized spacial score (nSPS) is 21.6. The Morgan fingerprint density at radius 3 is 2.61 bits per heavy atom. The Balaban J connectivity index is 1.18. The van der Waals surface area contributed by atoms with Gasteiger partial charge in [0.2, 0.25) is 11.8 Å². The molecule has 1 fully saturated rings. The van der Waals surface area contributed by atoms with Crippen molar-refractivity contribution < 1.29 is 37.1 Å². The van der Waals surface area contributed by atoms with Gasteiger partial charge in [-0.15, -0.1) is 0 Å². The maximum atomic E-state index is 15.2. The molecule has 12 heteroatoms. The minimum absolute atomic E-state index is 0.133. The molecule has 1 aliphatic heterocycles. The number of aryl methyl sites for hydroxylation is 2. The highest BCUT2D eigenvalue weighted by Gasteiger charge is 2.46. The van der Waals surface area contributed by atoms with E-state index in [1.807, 2.05) is 19.9 Å². The number of hydrogen-bond donors (Lipinski definition) is 1. The number of carbonyl (C=O) groups excluding carboxylic acids is 3. The van der Waals surface area contributed by atoms with E-state index in [1.54, 1.807) is 12.1 Å². The summed E-state index contributed by atoms with van der Waals surface area (Å²) in [6.07, 6.45) is 2.47. The van der Waals surface area contributed by atoms with Crippen molar-refractivity contribution in [1.29, 1.82) is 0 Å². The predicted octanol–water partition coefficient (Wildman–Crippen LogP) is 4.14. The Labute approximate surface area is 252 Å². The highest BCUT2D eigenvalue weighted by Crippen LogP contribution is 2.42. The monoisotopic (exact) mass is 607 g/mol. The number of methoxy groups -OCH3 is 1. The number of halogens is 1. The second-order valence-electron chi connectivity index (χ2n) is 12.3. The molecule has 1 saturated carbocycles. The number of aromatic nitrogens is 1. The van der Waals surface area contributed by atoms with Gasteiger partial charge in [-0.25, -0.2) is 14.2 Å². The van der Waals surface area contributed by atoms with E-state index >= 15 is 4.39 Å². The molecular formula is C32H34FN3O8. The van der Waals surface area contributed by atoms with Gasteiger partial charge in [0, 0.05) is 36.2 Å². The van der Waals surface area contributed by atoms with Gasteiger partial charge in [-0.3, -0.25) is 14.4 Å². The summed E-state index contributed by atoms with van der Waals surface area (Å²) in [7, 11) is 1.51. The van der Waals surface area contributed by atoms with Gasteiger partial charge in [-0.2, -0.15) is 0 Å². The van der Waals surface area contributed by atoms with Crippen LogP contribution in [0.25, 0.3) is 0 Å². The lowest BCUT2D eigenvalue weighted by molar-refractivity contribution is -0.159. The zero-order valence-electron chi connectivity index (χ0n) is 25.0. The summed E-state index contributed by atoms with van der Waals surface area (Å²) in [5, 5.41) is 2.86. The van der Waals surface area contributed by atoms with E-state index in [2.05, 4.69) is 10.3 Å². The van der Waals surface area contributed by atoms with E-state index < -0.39 is 35.6 Å². The number of esters is 1. The van der Waals surface area contributed by atoms with Crippen LogP contribution >= 0.6 is 0 Å². The van der Waals surface area contributed by atoms with E-state index in [1.165, 1.54) is 25.0 Å². The highest BCUT2D eigenvalue weighted by atomic mass is 19.1. The van der Waals surface area contributed by atoms with Crippen molar-refractivity contribution in [3.63, 3.8) is 0 Å². The predicted molar refractivity (Wildman–Crippen MR) is 153 cm³/mol. The molecule has 2 aromatic heterocycles.